The minimum atomic E-state index is -0.310. The first-order valence-corrected chi connectivity index (χ1v) is 5.02. The van der Waals surface area contributed by atoms with Gasteiger partial charge < -0.3 is 10.6 Å². The van der Waals surface area contributed by atoms with Gasteiger partial charge in [-0.2, -0.15) is 0 Å². The van der Waals surface area contributed by atoms with Crippen LogP contribution in [-0.2, 0) is 11.2 Å². The maximum Gasteiger partial charge on any atom is 0.237 e. The zero-order valence-corrected chi connectivity index (χ0v) is 8.29. The van der Waals surface area contributed by atoms with Gasteiger partial charge in [-0.1, -0.05) is 18.2 Å². The number of halogens is 1. The van der Waals surface area contributed by atoms with E-state index < -0.39 is 0 Å². The molecule has 15 heavy (non-hydrogen) atoms. The van der Waals surface area contributed by atoms with Crippen LogP contribution in [0.3, 0.4) is 0 Å². The highest BCUT2D eigenvalue weighted by molar-refractivity contribution is 5.82. The van der Waals surface area contributed by atoms with Crippen molar-refractivity contribution in [2.75, 3.05) is 13.1 Å². The van der Waals surface area contributed by atoms with Crippen LogP contribution in [0.4, 0.5) is 4.39 Å². The van der Waals surface area contributed by atoms with Crippen molar-refractivity contribution in [3.8, 4) is 0 Å². The molecule has 1 aliphatic heterocycles. The molecule has 4 heteroatoms. The Kier molecular flexibility index (Phi) is 2.97. The Morgan fingerprint density at radius 3 is 2.87 bits per heavy atom. The first-order valence-electron chi connectivity index (χ1n) is 5.02. The molecule has 1 amide bonds. The minimum Gasteiger partial charge on any atom is -0.353 e. The first kappa shape index (κ1) is 10.1. The number of nitrogens with one attached hydrogen (secondary N) is 2. The average Bonchev–Trinajstić information content (AvgIpc) is 2.24. The van der Waals surface area contributed by atoms with Crippen molar-refractivity contribution in [2.24, 2.45) is 0 Å². The SMILES string of the molecule is O=C1NCCN[C@H]1Cc1ccccc1F. The van der Waals surface area contributed by atoms with Gasteiger partial charge in [-0.3, -0.25) is 4.79 Å². The van der Waals surface area contributed by atoms with Gasteiger partial charge in [-0.05, 0) is 18.1 Å². The second-order valence-corrected chi connectivity index (χ2v) is 3.59. The Morgan fingerprint density at radius 2 is 2.13 bits per heavy atom. The normalized spacial score (nSPS) is 21.1. The minimum absolute atomic E-state index is 0.0514. The number of carbonyl (C=O) groups is 1. The molecule has 3 nitrogen and oxygen atoms in total. The molecule has 1 aliphatic rings. The van der Waals surface area contributed by atoms with E-state index in [9.17, 15) is 9.18 Å². The third-order valence-corrected chi connectivity index (χ3v) is 2.51. The summed E-state index contributed by atoms with van der Waals surface area (Å²) in [4.78, 5) is 11.4. The molecule has 1 aromatic carbocycles. The summed E-state index contributed by atoms with van der Waals surface area (Å²) >= 11 is 0. The van der Waals surface area contributed by atoms with E-state index in [2.05, 4.69) is 10.6 Å². The number of rotatable bonds is 2. The molecule has 1 atom stereocenters. The Labute approximate surface area is 87.7 Å². The van der Waals surface area contributed by atoms with Gasteiger partial charge in [-0.15, -0.1) is 0 Å². The monoisotopic (exact) mass is 208 g/mol. The summed E-state index contributed by atoms with van der Waals surface area (Å²) in [6, 6.07) is 6.23. The highest BCUT2D eigenvalue weighted by atomic mass is 19.1. The van der Waals surface area contributed by atoms with Crippen molar-refractivity contribution in [1.29, 1.82) is 0 Å². The van der Waals surface area contributed by atoms with E-state index in [1.807, 2.05) is 0 Å². The standard InChI is InChI=1S/C11H13FN2O/c12-9-4-2-1-3-8(9)7-10-11(15)14-6-5-13-10/h1-4,10,13H,5-7H2,(H,14,15)/t10-/m0/s1. The number of amides is 1. The maximum atomic E-state index is 13.3. The predicted molar refractivity (Wildman–Crippen MR) is 54.9 cm³/mol. The Hall–Kier alpha value is -1.42. The molecule has 1 aromatic rings. The van der Waals surface area contributed by atoms with Crippen LogP contribution in [0, 0.1) is 5.82 Å². The number of hydrogen-bond acceptors (Lipinski definition) is 2. The molecule has 80 valence electrons. The Bertz CT molecular complexity index is 367. The topological polar surface area (TPSA) is 41.1 Å². The highest BCUT2D eigenvalue weighted by Crippen LogP contribution is 2.09. The largest absolute Gasteiger partial charge is 0.353 e. The van der Waals surface area contributed by atoms with E-state index in [4.69, 9.17) is 0 Å². The van der Waals surface area contributed by atoms with Crippen molar-refractivity contribution in [3.63, 3.8) is 0 Å². The van der Waals surface area contributed by atoms with E-state index in [0.29, 0.717) is 18.5 Å². The third kappa shape index (κ3) is 2.33. The molecular formula is C11H13FN2O. The van der Waals surface area contributed by atoms with E-state index in [0.717, 1.165) is 6.54 Å². The molecule has 2 rings (SSSR count). The van der Waals surface area contributed by atoms with Gasteiger partial charge in [0.2, 0.25) is 5.91 Å². The smallest absolute Gasteiger partial charge is 0.237 e. The maximum absolute atomic E-state index is 13.3. The van der Waals surface area contributed by atoms with Crippen LogP contribution in [0.5, 0.6) is 0 Å². The van der Waals surface area contributed by atoms with E-state index >= 15 is 0 Å². The van der Waals surface area contributed by atoms with E-state index in [1.54, 1.807) is 18.2 Å². The quantitative estimate of drug-likeness (QED) is 0.741. The summed E-state index contributed by atoms with van der Waals surface area (Å²) in [6.45, 7) is 1.39. The van der Waals surface area contributed by atoms with Gasteiger partial charge in [0, 0.05) is 13.1 Å². The van der Waals surface area contributed by atoms with Crippen LogP contribution in [0.15, 0.2) is 24.3 Å². The van der Waals surface area contributed by atoms with Crippen molar-refractivity contribution in [3.05, 3.63) is 35.6 Å². The lowest BCUT2D eigenvalue weighted by atomic mass is 10.0. The van der Waals surface area contributed by atoms with E-state index in [-0.39, 0.29) is 17.8 Å². The summed E-state index contributed by atoms with van der Waals surface area (Å²) in [5.41, 5.74) is 0.576. The number of benzene rings is 1. The molecule has 1 fully saturated rings. The molecule has 0 radical (unpaired) electrons. The summed E-state index contributed by atoms with van der Waals surface area (Å²) in [5.74, 6) is -0.304. The molecule has 0 aliphatic carbocycles. The van der Waals surface area contributed by atoms with Crippen molar-refractivity contribution in [2.45, 2.75) is 12.5 Å². The molecule has 0 bridgehead atoms. The summed E-state index contributed by atoms with van der Waals surface area (Å²) in [5, 5.41) is 5.81. The second-order valence-electron chi connectivity index (χ2n) is 3.59. The van der Waals surface area contributed by atoms with Gasteiger partial charge >= 0.3 is 0 Å². The summed E-state index contributed by atoms with van der Waals surface area (Å²) in [7, 11) is 0. The van der Waals surface area contributed by atoms with Crippen molar-refractivity contribution >= 4 is 5.91 Å². The third-order valence-electron chi connectivity index (χ3n) is 2.51. The van der Waals surface area contributed by atoms with E-state index in [1.165, 1.54) is 6.07 Å². The van der Waals surface area contributed by atoms with Gasteiger partial charge in [0.1, 0.15) is 5.82 Å². The number of carbonyl (C=O) groups excluding carboxylic acids is 1. The van der Waals surface area contributed by atoms with Crippen LogP contribution in [0.25, 0.3) is 0 Å². The fraction of sp³-hybridized carbons (Fsp3) is 0.364. The molecule has 0 spiro atoms. The van der Waals surface area contributed by atoms with Crippen molar-refractivity contribution in [1.82, 2.24) is 10.6 Å². The lowest BCUT2D eigenvalue weighted by Gasteiger charge is -2.23. The Balaban J connectivity index is 2.08. The Morgan fingerprint density at radius 1 is 1.33 bits per heavy atom. The first-order chi connectivity index (χ1) is 7.27. The summed E-state index contributed by atoms with van der Waals surface area (Å²) < 4.78 is 13.3. The van der Waals surface area contributed by atoms with Crippen molar-refractivity contribution < 1.29 is 9.18 Å². The molecule has 2 N–H and O–H groups in total. The van der Waals surface area contributed by atoms with Crippen LogP contribution < -0.4 is 10.6 Å². The fourth-order valence-corrected chi connectivity index (χ4v) is 1.70. The number of hydrogen-bond donors (Lipinski definition) is 2. The number of piperazine rings is 1. The van der Waals surface area contributed by atoms with Gasteiger partial charge in [-0.25, -0.2) is 4.39 Å². The van der Waals surface area contributed by atoms with Crippen LogP contribution in [0.2, 0.25) is 0 Å². The summed E-state index contributed by atoms with van der Waals surface area (Å²) in [6.07, 6.45) is 0.401. The predicted octanol–water partition coefficient (Wildman–Crippen LogP) is 0.456. The van der Waals surface area contributed by atoms with Gasteiger partial charge in [0.05, 0.1) is 6.04 Å². The molecule has 0 saturated carbocycles. The molecule has 0 unspecified atom stereocenters. The zero-order chi connectivity index (χ0) is 10.7. The lowest BCUT2D eigenvalue weighted by Crippen LogP contribution is -2.53. The fourth-order valence-electron chi connectivity index (χ4n) is 1.70. The highest BCUT2D eigenvalue weighted by Gasteiger charge is 2.22. The molecule has 1 heterocycles. The molecule has 0 aromatic heterocycles. The van der Waals surface area contributed by atoms with Crippen LogP contribution in [-0.4, -0.2) is 25.0 Å². The van der Waals surface area contributed by atoms with Gasteiger partial charge in [0.15, 0.2) is 0 Å². The lowest BCUT2D eigenvalue weighted by molar-refractivity contribution is -0.124. The van der Waals surface area contributed by atoms with Crippen LogP contribution in [0.1, 0.15) is 5.56 Å². The zero-order valence-electron chi connectivity index (χ0n) is 8.29. The average molecular weight is 208 g/mol. The van der Waals surface area contributed by atoms with Crippen LogP contribution >= 0.6 is 0 Å². The molecular weight excluding hydrogens is 195 g/mol. The second kappa shape index (κ2) is 4.40. The molecule has 1 saturated heterocycles. The van der Waals surface area contributed by atoms with Gasteiger partial charge in [0.25, 0.3) is 0 Å².